The van der Waals surface area contributed by atoms with E-state index in [0.29, 0.717) is 0 Å². The van der Waals surface area contributed by atoms with Gasteiger partial charge in [0.05, 0.1) is 5.71 Å². The Bertz CT molecular complexity index is 787. The molecule has 3 aromatic rings. The molecule has 0 atom stereocenters. The number of anilines is 1. The second kappa shape index (κ2) is 6.27. The van der Waals surface area contributed by atoms with Crippen molar-refractivity contribution in [1.82, 2.24) is 0 Å². The van der Waals surface area contributed by atoms with Crippen LogP contribution in [0.1, 0.15) is 11.1 Å². The predicted octanol–water partition coefficient (Wildman–Crippen LogP) is 4.40. The topological polar surface area (TPSA) is 38.4 Å². The highest BCUT2D eigenvalue weighted by Crippen LogP contribution is 2.22. The minimum Gasteiger partial charge on any atom is -0.398 e. The molecule has 0 unspecified atom stereocenters. The first-order valence-electron chi connectivity index (χ1n) is 7.27. The molecule has 0 radical (unpaired) electrons. The van der Waals surface area contributed by atoms with Crippen molar-refractivity contribution in [2.45, 2.75) is 0 Å². The van der Waals surface area contributed by atoms with E-state index in [1.807, 2.05) is 42.5 Å². The van der Waals surface area contributed by atoms with E-state index in [0.717, 1.165) is 22.5 Å². The highest BCUT2D eigenvalue weighted by atomic mass is 14.7. The van der Waals surface area contributed by atoms with Gasteiger partial charge < -0.3 is 5.73 Å². The predicted molar refractivity (Wildman–Crippen MR) is 94.3 cm³/mol. The Labute approximate surface area is 131 Å². The van der Waals surface area contributed by atoms with Gasteiger partial charge in [0.2, 0.25) is 0 Å². The van der Waals surface area contributed by atoms with E-state index in [-0.39, 0.29) is 0 Å². The molecule has 0 fully saturated rings. The molecule has 0 amide bonds. The summed E-state index contributed by atoms with van der Waals surface area (Å²) in [6, 6.07) is 26.6. The number of rotatable bonds is 3. The van der Waals surface area contributed by atoms with Gasteiger partial charge in [0.25, 0.3) is 0 Å². The lowest BCUT2D eigenvalue weighted by Gasteiger charge is -2.10. The number of nitrogens with two attached hydrogens (primary N) is 1. The van der Waals surface area contributed by atoms with Crippen molar-refractivity contribution in [3.05, 3.63) is 90.0 Å². The first-order valence-corrected chi connectivity index (χ1v) is 7.27. The molecule has 0 aliphatic carbocycles. The second-order valence-electron chi connectivity index (χ2n) is 5.10. The van der Waals surface area contributed by atoms with Gasteiger partial charge in [0.1, 0.15) is 0 Å². The number of nitrogen functional groups attached to an aromatic ring is 1. The summed E-state index contributed by atoms with van der Waals surface area (Å²) in [5.41, 5.74) is 12.2. The molecule has 0 heterocycles. The Morgan fingerprint density at radius 3 is 1.95 bits per heavy atom. The van der Waals surface area contributed by atoms with Crippen molar-refractivity contribution < 1.29 is 0 Å². The number of nitrogens with zero attached hydrogens (tertiary/aromatic N) is 1. The molecular formula is C20H18N2. The molecule has 22 heavy (non-hydrogen) atoms. The van der Waals surface area contributed by atoms with Crippen LogP contribution in [0.25, 0.3) is 11.1 Å². The van der Waals surface area contributed by atoms with E-state index in [1.165, 1.54) is 11.1 Å². The Morgan fingerprint density at radius 1 is 0.727 bits per heavy atom. The summed E-state index contributed by atoms with van der Waals surface area (Å²) in [5, 5.41) is 0. The van der Waals surface area contributed by atoms with E-state index >= 15 is 0 Å². The second-order valence-corrected chi connectivity index (χ2v) is 5.10. The van der Waals surface area contributed by atoms with E-state index in [2.05, 4.69) is 41.4 Å². The van der Waals surface area contributed by atoms with Gasteiger partial charge in [-0.1, -0.05) is 72.8 Å². The molecule has 2 heteroatoms. The SMILES string of the molecule is CN=C(c1ccc(-c2ccccc2)cc1)c1ccccc1N. The number of benzene rings is 3. The molecular weight excluding hydrogens is 268 g/mol. The van der Waals surface area contributed by atoms with Crippen molar-refractivity contribution in [2.24, 2.45) is 4.99 Å². The Morgan fingerprint density at radius 2 is 1.32 bits per heavy atom. The molecule has 3 aromatic carbocycles. The summed E-state index contributed by atoms with van der Waals surface area (Å²) in [4.78, 5) is 4.43. The quantitative estimate of drug-likeness (QED) is 0.562. The molecule has 0 bridgehead atoms. The summed E-state index contributed by atoms with van der Waals surface area (Å²) in [7, 11) is 1.80. The van der Waals surface area contributed by atoms with Gasteiger partial charge in [-0.2, -0.15) is 0 Å². The molecule has 0 aliphatic rings. The molecule has 108 valence electrons. The van der Waals surface area contributed by atoms with Crippen LogP contribution < -0.4 is 5.73 Å². The maximum absolute atomic E-state index is 6.07. The first kappa shape index (κ1) is 14.1. The number of hydrogen-bond donors (Lipinski definition) is 1. The van der Waals surface area contributed by atoms with Crippen LogP contribution in [0.3, 0.4) is 0 Å². The van der Waals surface area contributed by atoms with Gasteiger partial charge in [0.15, 0.2) is 0 Å². The molecule has 0 saturated heterocycles. The summed E-state index contributed by atoms with van der Waals surface area (Å²) in [5.74, 6) is 0. The van der Waals surface area contributed by atoms with E-state index < -0.39 is 0 Å². The van der Waals surface area contributed by atoms with Gasteiger partial charge in [0, 0.05) is 23.9 Å². The lowest BCUT2D eigenvalue weighted by molar-refractivity contribution is 1.41. The molecule has 3 rings (SSSR count). The van der Waals surface area contributed by atoms with Crippen LogP contribution in [0.15, 0.2) is 83.9 Å². The summed E-state index contributed by atoms with van der Waals surface area (Å²) in [6.07, 6.45) is 0. The van der Waals surface area contributed by atoms with Crippen molar-refractivity contribution in [1.29, 1.82) is 0 Å². The zero-order chi connectivity index (χ0) is 15.4. The third kappa shape index (κ3) is 2.77. The average Bonchev–Trinajstić information content (AvgIpc) is 2.59. The fourth-order valence-electron chi connectivity index (χ4n) is 2.57. The largest absolute Gasteiger partial charge is 0.398 e. The molecule has 0 aliphatic heterocycles. The van der Waals surface area contributed by atoms with Crippen LogP contribution in [0.5, 0.6) is 0 Å². The lowest BCUT2D eigenvalue weighted by Crippen LogP contribution is -2.06. The minimum atomic E-state index is 0.746. The molecule has 2 N–H and O–H groups in total. The van der Waals surface area contributed by atoms with Crippen molar-refractivity contribution in [2.75, 3.05) is 12.8 Å². The van der Waals surface area contributed by atoms with Crippen LogP contribution in [-0.4, -0.2) is 12.8 Å². The summed E-state index contributed by atoms with van der Waals surface area (Å²) < 4.78 is 0. The Kier molecular flexibility index (Phi) is 4.01. The fraction of sp³-hybridized carbons (Fsp3) is 0.0500. The van der Waals surface area contributed by atoms with Gasteiger partial charge >= 0.3 is 0 Å². The molecule has 2 nitrogen and oxygen atoms in total. The Hall–Kier alpha value is -2.87. The Balaban J connectivity index is 1.97. The fourth-order valence-corrected chi connectivity index (χ4v) is 2.57. The highest BCUT2D eigenvalue weighted by molar-refractivity contribution is 6.15. The zero-order valence-corrected chi connectivity index (χ0v) is 12.5. The standard InChI is InChI=1S/C20H18N2/c1-22-20(18-9-5-6-10-19(18)21)17-13-11-16(12-14-17)15-7-3-2-4-8-15/h2-14H,21H2,1H3. The van der Waals surface area contributed by atoms with Gasteiger partial charge in [-0.25, -0.2) is 0 Å². The van der Waals surface area contributed by atoms with E-state index in [9.17, 15) is 0 Å². The highest BCUT2D eigenvalue weighted by Gasteiger charge is 2.09. The van der Waals surface area contributed by atoms with Gasteiger partial charge in [-0.15, -0.1) is 0 Å². The third-order valence-corrected chi connectivity index (χ3v) is 3.70. The van der Waals surface area contributed by atoms with Crippen LogP contribution in [0.2, 0.25) is 0 Å². The van der Waals surface area contributed by atoms with Crippen molar-refractivity contribution in [3.8, 4) is 11.1 Å². The minimum absolute atomic E-state index is 0.746. The van der Waals surface area contributed by atoms with Gasteiger partial charge in [-0.3, -0.25) is 4.99 Å². The monoisotopic (exact) mass is 286 g/mol. The van der Waals surface area contributed by atoms with Crippen LogP contribution in [0.4, 0.5) is 5.69 Å². The molecule has 0 aromatic heterocycles. The maximum Gasteiger partial charge on any atom is 0.0736 e. The summed E-state index contributed by atoms with van der Waals surface area (Å²) in [6.45, 7) is 0. The maximum atomic E-state index is 6.07. The lowest BCUT2D eigenvalue weighted by atomic mass is 9.98. The average molecular weight is 286 g/mol. The number of aliphatic imine (C=N–C) groups is 1. The van der Waals surface area contributed by atoms with Crippen molar-refractivity contribution in [3.63, 3.8) is 0 Å². The van der Waals surface area contributed by atoms with Crippen molar-refractivity contribution >= 4 is 11.4 Å². The zero-order valence-electron chi connectivity index (χ0n) is 12.5. The van der Waals surface area contributed by atoms with Crippen LogP contribution in [-0.2, 0) is 0 Å². The molecule has 0 spiro atoms. The normalized spacial score (nSPS) is 11.4. The van der Waals surface area contributed by atoms with E-state index in [1.54, 1.807) is 7.05 Å². The number of hydrogen-bond acceptors (Lipinski definition) is 2. The van der Waals surface area contributed by atoms with Crippen LogP contribution in [0, 0.1) is 0 Å². The first-order chi connectivity index (χ1) is 10.8. The number of para-hydroxylation sites is 1. The van der Waals surface area contributed by atoms with E-state index in [4.69, 9.17) is 5.73 Å². The summed E-state index contributed by atoms with van der Waals surface area (Å²) >= 11 is 0. The smallest absolute Gasteiger partial charge is 0.0736 e. The van der Waals surface area contributed by atoms with Gasteiger partial charge in [-0.05, 0) is 17.2 Å². The third-order valence-electron chi connectivity index (χ3n) is 3.70. The molecule has 0 saturated carbocycles. The van der Waals surface area contributed by atoms with Crippen LogP contribution >= 0.6 is 0 Å².